The Bertz CT molecular complexity index is 1200. The second-order valence-corrected chi connectivity index (χ2v) is 7.66. The molecule has 1 amide bonds. The number of ether oxygens (including phenoxy) is 2. The van der Waals surface area contributed by atoms with E-state index in [4.69, 9.17) is 9.47 Å². The van der Waals surface area contributed by atoms with Crippen molar-refractivity contribution in [3.63, 3.8) is 0 Å². The molecule has 1 N–H and O–H groups in total. The second kappa shape index (κ2) is 9.61. The van der Waals surface area contributed by atoms with Gasteiger partial charge in [0.15, 0.2) is 0 Å². The van der Waals surface area contributed by atoms with Crippen LogP contribution in [0, 0.1) is 0 Å². The Kier molecular flexibility index (Phi) is 6.45. The van der Waals surface area contributed by atoms with E-state index in [1.807, 2.05) is 31.2 Å². The number of amides is 1. The Balaban J connectivity index is 1.91. The molecule has 1 unspecified atom stereocenters. The molecular weight excluding hydrogens is 418 g/mol. The van der Waals surface area contributed by atoms with Crippen molar-refractivity contribution in [2.75, 3.05) is 18.6 Å². The van der Waals surface area contributed by atoms with Crippen molar-refractivity contribution in [1.29, 1.82) is 0 Å². The summed E-state index contributed by atoms with van der Waals surface area (Å²) in [5.74, 6) is -0.500. The van der Waals surface area contributed by atoms with Gasteiger partial charge in [-0.3, -0.25) is 14.5 Å². The zero-order valence-corrected chi connectivity index (χ0v) is 18.5. The molecule has 1 heterocycles. The van der Waals surface area contributed by atoms with Gasteiger partial charge >= 0.3 is 0 Å². The molecule has 6 heteroatoms. The van der Waals surface area contributed by atoms with Gasteiger partial charge in [0.2, 0.25) is 0 Å². The lowest BCUT2D eigenvalue weighted by molar-refractivity contribution is -0.132. The molecule has 1 fully saturated rings. The summed E-state index contributed by atoms with van der Waals surface area (Å²) in [4.78, 5) is 27.9. The molecule has 0 saturated carbocycles. The molecule has 0 bridgehead atoms. The minimum atomic E-state index is -0.831. The molecule has 0 spiro atoms. The molecule has 168 valence electrons. The van der Waals surface area contributed by atoms with Gasteiger partial charge in [0, 0.05) is 17.3 Å². The predicted octanol–water partition coefficient (Wildman–Crippen LogP) is 5.11. The zero-order chi connectivity index (χ0) is 23.4. The zero-order valence-electron chi connectivity index (χ0n) is 18.5. The monoisotopic (exact) mass is 443 g/mol. The Morgan fingerprint density at radius 3 is 2.39 bits per heavy atom. The molecule has 1 atom stereocenters. The number of hydrogen-bond donors (Lipinski definition) is 1. The van der Waals surface area contributed by atoms with E-state index in [0.29, 0.717) is 34.9 Å². The summed E-state index contributed by atoms with van der Waals surface area (Å²) < 4.78 is 11.1. The first kappa shape index (κ1) is 22.1. The van der Waals surface area contributed by atoms with E-state index in [1.165, 1.54) is 12.0 Å². The van der Waals surface area contributed by atoms with Gasteiger partial charge in [-0.25, -0.2) is 0 Å². The molecule has 0 aliphatic carbocycles. The second-order valence-electron chi connectivity index (χ2n) is 7.66. The minimum Gasteiger partial charge on any atom is -0.507 e. The summed E-state index contributed by atoms with van der Waals surface area (Å²) >= 11 is 0. The number of hydrogen-bond acceptors (Lipinski definition) is 5. The number of aliphatic hydroxyl groups excluding tert-OH is 1. The van der Waals surface area contributed by atoms with Crippen molar-refractivity contribution in [3.8, 4) is 11.5 Å². The van der Waals surface area contributed by atoms with Crippen molar-refractivity contribution in [1.82, 2.24) is 0 Å². The third-order valence-electron chi connectivity index (χ3n) is 5.47. The molecule has 1 aliphatic heterocycles. The molecular formula is C27H25NO5. The maximum atomic E-state index is 13.3. The number of nitrogens with zero attached hydrogens (tertiary/aromatic N) is 1. The standard InChI is InChI=1S/C27H25NO5/c1-3-15-33-22-14-7-11-19(16-22)24-23(25(29)18-9-5-4-6-10-18)26(30)27(31)28(24)20-12-8-13-21(17-20)32-2/h4-14,16-17,24,29H,3,15H2,1-2H3/b25-23+. The topological polar surface area (TPSA) is 76.1 Å². The van der Waals surface area contributed by atoms with Gasteiger partial charge in [0.25, 0.3) is 11.7 Å². The normalized spacial score (nSPS) is 17.3. The number of methoxy groups -OCH3 is 1. The summed E-state index contributed by atoms with van der Waals surface area (Å²) in [6, 6.07) is 22.1. The van der Waals surface area contributed by atoms with Crippen LogP contribution in [-0.4, -0.2) is 30.5 Å². The van der Waals surface area contributed by atoms with Gasteiger partial charge < -0.3 is 14.6 Å². The Morgan fingerprint density at radius 2 is 1.67 bits per heavy atom. The van der Waals surface area contributed by atoms with Crippen LogP contribution >= 0.6 is 0 Å². The van der Waals surface area contributed by atoms with Crippen LogP contribution in [0.4, 0.5) is 5.69 Å². The SMILES string of the molecule is CCCOc1cccc(C2/C(=C(\O)c3ccccc3)C(=O)C(=O)N2c2cccc(OC)c2)c1. The van der Waals surface area contributed by atoms with E-state index >= 15 is 0 Å². The molecule has 1 aliphatic rings. The fourth-order valence-corrected chi connectivity index (χ4v) is 3.92. The molecule has 3 aromatic carbocycles. The van der Waals surface area contributed by atoms with Crippen molar-refractivity contribution in [2.24, 2.45) is 0 Å². The maximum absolute atomic E-state index is 13.3. The largest absolute Gasteiger partial charge is 0.507 e. The summed E-state index contributed by atoms with van der Waals surface area (Å²) in [7, 11) is 1.54. The van der Waals surface area contributed by atoms with Crippen molar-refractivity contribution in [2.45, 2.75) is 19.4 Å². The number of ketones is 1. The number of Topliss-reactive ketones (excluding diaryl/α,β-unsaturated/α-hetero) is 1. The third-order valence-corrected chi connectivity index (χ3v) is 5.47. The number of benzene rings is 3. The Hall–Kier alpha value is -4.06. The van der Waals surface area contributed by atoms with E-state index in [9.17, 15) is 14.7 Å². The van der Waals surface area contributed by atoms with E-state index in [1.54, 1.807) is 54.6 Å². The minimum absolute atomic E-state index is 0.0293. The first-order valence-corrected chi connectivity index (χ1v) is 10.8. The highest BCUT2D eigenvalue weighted by molar-refractivity contribution is 6.51. The summed E-state index contributed by atoms with van der Waals surface area (Å²) in [5, 5.41) is 11.1. The summed E-state index contributed by atoms with van der Waals surface area (Å²) in [6.07, 6.45) is 0.848. The van der Waals surface area contributed by atoms with Gasteiger partial charge in [0.1, 0.15) is 17.3 Å². The Labute approximate surface area is 192 Å². The number of anilines is 1. The third kappa shape index (κ3) is 4.32. The molecule has 4 rings (SSSR count). The van der Waals surface area contributed by atoms with Crippen LogP contribution in [0.1, 0.15) is 30.5 Å². The fraction of sp³-hybridized carbons (Fsp3) is 0.185. The van der Waals surface area contributed by atoms with E-state index in [-0.39, 0.29) is 11.3 Å². The Morgan fingerprint density at radius 1 is 0.939 bits per heavy atom. The summed E-state index contributed by atoms with van der Waals surface area (Å²) in [5.41, 5.74) is 1.64. The highest BCUT2D eigenvalue weighted by Crippen LogP contribution is 2.43. The van der Waals surface area contributed by atoms with Crippen LogP contribution in [0.3, 0.4) is 0 Å². The average Bonchev–Trinajstić information content (AvgIpc) is 3.13. The van der Waals surface area contributed by atoms with Gasteiger partial charge in [-0.15, -0.1) is 0 Å². The first-order valence-electron chi connectivity index (χ1n) is 10.8. The quantitative estimate of drug-likeness (QED) is 0.312. The van der Waals surface area contributed by atoms with Crippen LogP contribution in [0.2, 0.25) is 0 Å². The average molecular weight is 443 g/mol. The predicted molar refractivity (Wildman–Crippen MR) is 126 cm³/mol. The molecule has 0 radical (unpaired) electrons. The first-order chi connectivity index (χ1) is 16.0. The fourth-order valence-electron chi connectivity index (χ4n) is 3.92. The summed E-state index contributed by atoms with van der Waals surface area (Å²) in [6.45, 7) is 2.56. The number of aliphatic hydroxyl groups is 1. The highest BCUT2D eigenvalue weighted by Gasteiger charge is 2.47. The molecule has 1 saturated heterocycles. The van der Waals surface area contributed by atoms with Crippen LogP contribution in [-0.2, 0) is 9.59 Å². The lowest BCUT2D eigenvalue weighted by Crippen LogP contribution is -2.29. The van der Waals surface area contributed by atoms with Crippen LogP contribution in [0.25, 0.3) is 5.76 Å². The van der Waals surface area contributed by atoms with Crippen LogP contribution < -0.4 is 14.4 Å². The van der Waals surface area contributed by atoms with E-state index in [0.717, 1.165) is 6.42 Å². The van der Waals surface area contributed by atoms with Gasteiger partial charge in [0.05, 0.1) is 25.3 Å². The molecule has 0 aromatic heterocycles. The lowest BCUT2D eigenvalue weighted by atomic mass is 9.95. The van der Waals surface area contributed by atoms with Crippen LogP contribution in [0.15, 0.2) is 84.4 Å². The van der Waals surface area contributed by atoms with E-state index < -0.39 is 17.7 Å². The van der Waals surface area contributed by atoms with Gasteiger partial charge in [-0.1, -0.05) is 55.5 Å². The van der Waals surface area contributed by atoms with Crippen molar-refractivity contribution < 1.29 is 24.2 Å². The number of rotatable bonds is 7. The highest BCUT2D eigenvalue weighted by atomic mass is 16.5. The molecule has 6 nitrogen and oxygen atoms in total. The molecule has 3 aromatic rings. The lowest BCUT2D eigenvalue weighted by Gasteiger charge is -2.26. The van der Waals surface area contributed by atoms with Crippen molar-refractivity contribution >= 4 is 23.1 Å². The van der Waals surface area contributed by atoms with Crippen molar-refractivity contribution in [3.05, 3.63) is 95.6 Å². The van der Waals surface area contributed by atoms with E-state index in [2.05, 4.69) is 0 Å². The van der Waals surface area contributed by atoms with Gasteiger partial charge in [-0.05, 0) is 36.2 Å². The number of carbonyl (C=O) groups excluding carboxylic acids is 2. The van der Waals surface area contributed by atoms with Crippen LogP contribution in [0.5, 0.6) is 11.5 Å². The van der Waals surface area contributed by atoms with Gasteiger partial charge in [-0.2, -0.15) is 0 Å². The number of carbonyl (C=O) groups is 2. The molecule has 33 heavy (non-hydrogen) atoms. The maximum Gasteiger partial charge on any atom is 0.300 e. The smallest absolute Gasteiger partial charge is 0.300 e.